The Labute approximate surface area is 153 Å². The predicted octanol–water partition coefficient (Wildman–Crippen LogP) is 2.86. The Hall–Kier alpha value is -0.274. The van der Waals surface area contributed by atoms with E-state index in [1.807, 2.05) is 36.4 Å². The van der Waals surface area contributed by atoms with Gasteiger partial charge in [-0.1, -0.05) is 36.4 Å². The van der Waals surface area contributed by atoms with E-state index in [4.69, 9.17) is 0 Å². The molecule has 91 valence electrons. The van der Waals surface area contributed by atoms with E-state index in [1.54, 1.807) is 12.1 Å². The maximum atomic E-state index is 11.3. The number of benzene rings is 3. The molecule has 3 rings (SSSR count). The Bertz CT molecular complexity index is 857. The Morgan fingerprint density at radius 1 is 0.789 bits per heavy atom. The second kappa shape index (κ2) is 5.61. The van der Waals surface area contributed by atoms with Crippen molar-refractivity contribution in [3.05, 3.63) is 54.6 Å². The van der Waals surface area contributed by atoms with Crippen LogP contribution in [-0.2, 0) is 10.1 Å². The van der Waals surface area contributed by atoms with E-state index in [2.05, 4.69) is 0 Å². The average molecular weight is 297 g/mol. The molecule has 0 bridgehead atoms. The first-order chi connectivity index (χ1) is 8.55. The largest absolute Gasteiger partial charge is 0.295 e. The molecule has 0 aliphatic heterocycles. The van der Waals surface area contributed by atoms with E-state index in [0.717, 1.165) is 16.2 Å². The maximum Gasteiger partial charge on any atom is 0.295 e. The summed E-state index contributed by atoms with van der Waals surface area (Å²) in [5.74, 6) is 0. The van der Waals surface area contributed by atoms with Crippen molar-refractivity contribution in [3.63, 3.8) is 0 Å². The zero-order valence-electron chi connectivity index (χ0n) is 10.4. The van der Waals surface area contributed by atoms with Crippen molar-refractivity contribution in [3.8, 4) is 0 Å². The molecule has 0 aliphatic carbocycles. The molecule has 0 atom stereocenters. The van der Waals surface area contributed by atoms with Gasteiger partial charge in [-0.3, -0.25) is 4.55 Å². The fourth-order valence-corrected chi connectivity index (χ4v) is 2.87. The van der Waals surface area contributed by atoms with Gasteiger partial charge in [0.25, 0.3) is 10.1 Å². The first-order valence-corrected chi connectivity index (χ1v) is 6.89. The molecule has 19 heavy (non-hydrogen) atoms. The summed E-state index contributed by atoms with van der Waals surface area (Å²) in [6.07, 6.45) is 0. The molecule has 1 N–H and O–H groups in total. The van der Waals surface area contributed by atoms with Gasteiger partial charge in [0.2, 0.25) is 0 Å². The molecule has 0 unspecified atom stereocenters. The van der Waals surface area contributed by atoms with E-state index in [0.29, 0.717) is 5.39 Å². The summed E-state index contributed by atoms with van der Waals surface area (Å²) in [6.45, 7) is 0. The molecule has 0 aliphatic rings. The van der Waals surface area contributed by atoms with E-state index in [9.17, 15) is 13.0 Å². The molecule has 3 aromatic carbocycles. The maximum absolute atomic E-state index is 11.3. The monoisotopic (exact) mass is 297 g/mol. The Morgan fingerprint density at radius 2 is 1.37 bits per heavy atom. The van der Waals surface area contributed by atoms with Gasteiger partial charge in [-0.2, -0.15) is 8.42 Å². The summed E-state index contributed by atoms with van der Waals surface area (Å²) in [7, 11) is -4.20. The smallest absolute Gasteiger partial charge is 0.282 e. The van der Waals surface area contributed by atoms with Crippen LogP contribution in [0.1, 0.15) is 0 Å². The third kappa shape index (κ3) is 2.92. The average Bonchev–Trinajstić information content (AvgIpc) is 2.34. The second-order valence-corrected chi connectivity index (χ2v) is 5.54. The fourth-order valence-electron chi connectivity index (χ4n) is 2.16. The van der Waals surface area contributed by atoms with Crippen LogP contribution in [0.3, 0.4) is 0 Å². The van der Waals surface area contributed by atoms with Crippen LogP contribution in [0.4, 0.5) is 0 Å². The summed E-state index contributed by atoms with van der Waals surface area (Å²) in [4.78, 5) is -0.0502. The van der Waals surface area contributed by atoms with E-state index in [1.165, 1.54) is 6.07 Å². The Balaban J connectivity index is 0.00000133. The summed E-state index contributed by atoms with van der Waals surface area (Å²) in [5.41, 5.74) is 0. The summed E-state index contributed by atoms with van der Waals surface area (Å²) < 4.78 is 31.9. The molecule has 1 radical (unpaired) electrons. The van der Waals surface area contributed by atoms with Crippen LogP contribution in [0, 0.1) is 0 Å². The van der Waals surface area contributed by atoms with Crippen LogP contribution in [0.2, 0.25) is 0 Å². The minimum Gasteiger partial charge on any atom is -0.282 e. The van der Waals surface area contributed by atoms with Gasteiger partial charge in [-0.05, 0) is 34.4 Å². The molecule has 0 heterocycles. The van der Waals surface area contributed by atoms with Crippen molar-refractivity contribution >= 4 is 83.0 Å². The molecular weight excluding hydrogens is 287 g/mol. The molecule has 0 spiro atoms. The van der Waals surface area contributed by atoms with Gasteiger partial charge in [0.05, 0.1) is 0 Å². The standard InChI is InChI=1S/C14H10O3S.K/c15-18(16,17)14-7-3-6-12-8-10-4-1-2-5-11(10)9-13(12)14;/h1-9H,(H,15,16,17);. The van der Waals surface area contributed by atoms with Crippen LogP contribution < -0.4 is 0 Å². The fraction of sp³-hybridized carbons (Fsp3) is 0. The number of fused-ring (bicyclic) bond motifs is 2. The van der Waals surface area contributed by atoms with E-state index >= 15 is 0 Å². The van der Waals surface area contributed by atoms with Crippen molar-refractivity contribution in [2.45, 2.75) is 4.90 Å². The van der Waals surface area contributed by atoms with Gasteiger partial charge < -0.3 is 0 Å². The molecule has 3 nitrogen and oxygen atoms in total. The molecule has 0 saturated heterocycles. The summed E-state index contributed by atoms with van der Waals surface area (Å²) in [6, 6.07) is 16.3. The first kappa shape index (κ1) is 15.1. The molecule has 0 fully saturated rings. The van der Waals surface area contributed by atoms with Crippen LogP contribution in [-0.4, -0.2) is 64.4 Å². The quantitative estimate of drug-likeness (QED) is 0.427. The minimum atomic E-state index is -4.20. The summed E-state index contributed by atoms with van der Waals surface area (Å²) in [5, 5.41) is 3.32. The molecule has 5 heteroatoms. The third-order valence-corrected chi connectivity index (χ3v) is 3.90. The van der Waals surface area contributed by atoms with Gasteiger partial charge in [-0.15, -0.1) is 0 Å². The van der Waals surface area contributed by atoms with Crippen molar-refractivity contribution < 1.29 is 13.0 Å². The minimum absolute atomic E-state index is 0. The Morgan fingerprint density at radius 3 is 2.00 bits per heavy atom. The van der Waals surface area contributed by atoms with Gasteiger partial charge >= 0.3 is 0 Å². The van der Waals surface area contributed by atoms with Crippen molar-refractivity contribution in [2.24, 2.45) is 0 Å². The number of hydrogen-bond donors (Lipinski definition) is 1. The SMILES string of the molecule is O=S(=O)(O)c1cccc2cc3ccccc3cc12.[K]. The summed E-state index contributed by atoms with van der Waals surface area (Å²) >= 11 is 0. The molecule has 0 aromatic heterocycles. The predicted molar refractivity (Wildman–Crippen MR) is 77.0 cm³/mol. The number of hydrogen-bond acceptors (Lipinski definition) is 2. The number of rotatable bonds is 1. The molecule has 0 saturated carbocycles. The zero-order chi connectivity index (χ0) is 12.8. The van der Waals surface area contributed by atoms with Crippen molar-refractivity contribution in [1.82, 2.24) is 0 Å². The Kier molecular flexibility index (Phi) is 4.47. The normalized spacial score (nSPS) is 11.4. The van der Waals surface area contributed by atoms with E-state index < -0.39 is 10.1 Å². The molecule has 3 aromatic rings. The van der Waals surface area contributed by atoms with Crippen LogP contribution in [0.15, 0.2) is 59.5 Å². The first-order valence-electron chi connectivity index (χ1n) is 5.45. The van der Waals surface area contributed by atoms with Crippen LogP contribution in [0.25, 0.3) is 21.5 Å². The van der Waals surface area contributed by atoms with Gasteiger partial charge in [0.15, 0.2) is 0 Å². The zero-order valence-corrected chi connectivity index (χ0v) is 14.3. The van der Waals surface area contributed by atoms with Crippen LogP contribution >= 0.6 is 0 Å². The van der Waals surface area contributed by atoms with Crippen LogP contribution in [0.5, 0.6) is 0 Å². The van der Waals surface area contributed by atoms with Crippen molar-refractivity contribution in [2.75, 3.05) is 0 Å². The molecular formula is C14H10KO3S. The topological polar surface area (TPSA) is 54.4 Å². The molecule has 0 amide bonds. The van der Waals surface area contributed by atoms with Gasteiger partial charge in [-0.25, -0.2) is 0 Å². The second-order valence-electron chi connectivity index (χ2n) is 4.15. The van der Waals surface area contributed by atoms with E-state index in [-0.39, 0.29) is 56.3 Å². The third-order valence-electron chi connectivity index (χ3n) is 2.98. The van der Waals surface area contributed by atoms with Crippen molar-refractivity contribution in [1.29, 1.82) is 0 Å². The van der Waals surface area contributed by atoms with Gasteiger partial charge in [0.1, 0.15) is 4.90 Å². The van der Waals surface area contributed by atoms with Gasteiger partial charge in [0, 0.05) is 56.8 Å².